The van der Waals surface area contributed by atoms with Crippen molar-refractivity contribution in [3.63, 3.8) is 0 Å². The predicted octanol–water partition coefficient (Wildman–Crippen LogP) is 1.92. The lowest BCUT2D eigenvalue weighted by Crippen LogP contribution is -2.41. The van der Waals surface area contributed by atoms with Crippen LogP contribution in [0.1, 0.15) is 39.0 Å². The van der Waals surface area contributed by atoms with Gasteiger partial charge in [0.2, 0.25) is 0 Å². The summed E-state index contributed by atoms with van der Waals surface area (Å²) in [6.45, 7) is 4.69. The van der Waals surface area contributed by atoms with Gasteiger partial charge < -0.3 is 14.8 Å². The number of rotatable bonds is 3. The quantitative estimate of drug-likeness (QED) is 0.777. The largest absolute Gasteiger partial charge is 0.355 e. The van der Waals surface area contributed by atoms with Gasteiger partial charge in [0, 0.05) is 12.6 Å². The van der Waals surface area contributed by atoms with Crippen molar-refractivity contribution < 1.29 is 9.47 Å². The fourth-order valence-electron chi connectivity index (χ4n) is 2.58. The molecule has 3 nitrogen and oxygen atoms in total. The Balaban J connectivity index is 1.63. The van der Waals surface area contributed by atoms with Crippen LogP contribution in [0.25, 0.3) is 0 Å². The van der Waals surface area contributed by atoms with E-state index in [0.29, 0.717) is 12.9 Å². The normalized spacial score (nSPS) is 37.8. The van der Waals surface area contributed by atoms with Gasteiger partial charge in [0.25, 0.3) is 0 Å². The molecule has 0 aromatic carbocycles. The highest BCUT2D eigenvalue weighted by atomic mass is 16.7. The maximum atomic E-state index is 5.51. The van der Waals surface area contributed by atoms with Gasteiger partial charge in [-0.2, -0.15) is 0 Å². The third-order valence-corrected chi connectivity index (χ3v) is 3.54. The fourth-order valence-corrected chi connectivity index (χ4v) is 2.58. The van der Waals surface area contributed by atoms with Crippen LogP contribution in [-0.4, -0.2) is 32.1 Å². The minimum atomic E-state index is 0.371. The van der Waals surface area contributed by atoms with E-state index in [1.165, 1.54) is 25.7 Å². The first kappa shape index (κ1) is 11.4. The molecule has 1 saturated heterocycles. The molecule has 1 N–H and O–H groups in total. The molecule has 2 fully saturated rings. The van der Waals surface area contributed by atoms with Gasteiger partial charge in [-0.25, -0.2) is 0 Å². The topological polar surface area (TPSA) is 30.5 Å². The molecule has 15 heavy (non-hydrogen) atoms. The minimum Gasteiger partial charge on any atom is -0.355 e. The van der Waals surface area contributed by atoms with Crippen molar-refractivity contribution >= 4 is 0 Å². The summed E-state index contributed by atoms with van der Waals surface area (Å²) in [4.78, 5) is 0. The molecular formula is C12H23NO2. The van der Waals surface area contributed by atoms with Crippen molar-refractivity contribution in [2.45, 2.75) is 51.2 Å². The van der Waals surface area contributed by atoms with E-state index in [-0.39, 0.29) is 0 Å². The van der Waals surface area contributed by atoms with Crippen molar-refractivity contribution in [2.24, 2.45) is 5.92 Å². The van der Waals surface area contributed by atoms with E-state index < -0.39 is 0 Å². The third-order valence-electron chi connectivity index (χ3n) is 3.54. The Bertz CT molecular complexity index is 180. The van der Waals surface area contributed by atoms with Crippen molar-refractivity contribution in [3.8, 4) is 0 Å². The molecule has 0 aromatic heterocycles. The predicted molar refractivity (Wildman–Crippen MR) is 59.7 cm³/mol. The second-order valence-electron chi connectivity index (χ2n) is 4.98. The van der Waals surface area contributed by atoms with Crippen LogP contribution in [0.2, 0.25) is 0 Å². The van der Waals surface area contributed by atoms with Gasteiger partial charge in [-0.15, -0.1) is 0 Å². The first-order chi connectivity index (χ1) is 7.34. The second-order valence-corrected chi connectivity index (χ2v) is 4.98. The summed E-state index contributed by atoms with van der Waals surface area (Å²) < 4.78 is 10.7. The van der Waals surface area contributed by atoms with Crippen LogP contribution in [0, 0.1) is 5.92 Å². The van der Waals surface area contributed by atoms with Crippen LogP contribution in [0.3, 0.4) is 0 Å². The van der Waals surface area contributed by atoms with Gasteiger partial charge in [0.15, 0.2) is 0 Å². The highest BCUT2D eigenvalue weighted by Gasteiger charge is 2.20. The highest BCUT2D eigenvalue weighted by Crippen LogP contribution is 2.23. The van der Waals surface area contributed by atoms with Crippen molar-refractivity contribution in [1.29, 1.82) is 0 Å². The Morgan fingerprint density at radius 1 is 1.27 bits per heavy atom. The fraction of sp³-hybridized carbons (Fsp3) is 1.00. The number of hydrogen-bond acceptors (Lipinski definition) is 3. The zero-order valence-electron chi connectivity index (χ0n) is 9.71. The molecule has 0 bridgehead atoms. The van der Waals surface area contributed by atoms with Crippen molar-refractivity contribution in [1.82, 2.24) is 5.32 Å². The lowest BCUT2D eigenvalue weighted by Gasteiger charge is -2.30. The Labute approximate surface area is 92.5 Å². The Morgan fingerprint density at radius 3 is 2.93 bits per heavy atom. The monoisotopic (exact) mass is 213 g/mol. The van der Waals surface area contributed by atoms with Crippen LogP contribution in [-0.2, 0) is 9.47 Å². The molecule has 1 heterocycles. The van der Waals surface area contributed by atoms with Gasteiger partial charge in [0.05, 0.1) is 12.7 Å². The summed E-state index contributed by atoms with van der Waals surface area (Å²) in [5.74, 6) is 0.895. The van der Waals surface area contributed by atoms with E-state index >= 15 is 0 Å². The zero-order valence-corrected chi connectivity index (χ0v) is 9.71. The van der Waals surface area contributed by atoms with Gasteiger partial charge in [-0.3, -0.25) is 0 Å². The van der Waals surface area contributed by atoms with Crippen LogP contribution in [0.4, 0.5) is 0 Å². The molecule has 2 rings (SSSR count). The first-order valence-electron chi connectivity index (χ1n) is 6.27. The molecule has 1 aliphatic carbocycles. The maximum absolute atomic E-state index is 5.51. The number of ether oxygens (including phenoxy) is 2. The Kier molecular flexibility index (Phi) is 4.42. The van der Waals surface area contributed by atoms with Crippen LogP contribution in [0.15, 0.2) is 0 Å². The molecule has 3 atom stereocenters. The smallest absolute Gasteiger partial charge is 0.147 e. The highest BCUT2D eigenvalue weighted by molar-refractivity contribution is 4.77. The molecule has 3 unspecified atom stereocenters. The van der Waals surface area contributed by atoms with Crippen LogP contribution >= 0.6 is 0 Å². The van der Waals surface area contributed by atoms with Crippen molar-refractivity contribution in [2.75, 3.05) is 19.9 Å². The van der Waals surface area contributed by atoms with Crippen LogP contribution in [0.5, 0.6) is 0 Å². The van der Waals surface area contributed by atoms with E-state index in [1.54, 1.807) is 0 Å². The standard InChI is InChI=1S/C12H23NO2/c1-10-3-2-4-11(7-10)13-8-12-5-6-14-9-15-12/h10-13H,2-9H2,1H3. The van der Waals surface area contributed by atoms with Gasteiger partial charge >= 0.3 is 0 Å². The van der Waals surface area contributed by atoms with Gasteiger partial charge in [-0.1, -0.05) is 19.8 Å². The summed E-state index contributed by atoms with van der Waals surface area (Å²) in [6, 6.07) is 0.722. The summed E-state index contributed by atoms with van der Waals surface area (Å²) in [5, 5.41) is 3.64. The SMILES string of the molecule is CC1CCCC(NCC2CCOCO2)C1. The zero-order chi connectivity index (χ0) is 10.5. The van der Waals surface area contributed by atoms with E-state index in [1.807, 2.05) is 0 Å². The number of nitrogens with one attached hydrogen (secondary N) is 1. The van der Waals surface area contributed by atoms with Gasteiger partial charge in [0.1, 0.15) is 6.79 Å². The van der Waals surface area contributed by atoms with E-state index in [9.17, 15) is 0 Å². The average Bonchev–Trinajstić information content (AvgIpc) is 2.28. The lowest BCUT2D eigenvalue weighted by atomic mass is 9.87. The molecular weight excluding hydrogens is 190 g/mol. The summed E-state index contributed by atoms with van der Waals surface area (Å²) in [7, 11) is 0. The molecule has 0 radical (unpaired) electrons. The molecule has 1 aliphatic heterocycles. The molecule has 88 valence electrons. The third kappa shape index (κ3) is 3.74. The molecule has 0 aromatic rings. The van der Waals surface area contributed by atoms with Crippen LogP contribution < -0.4 is 5.32 Å². The van der Waals surface area contributed by atoms with Crippen molar-refractivity contribution in [3.05, 3.63) is 0 Å². The maximum Gasteiger partial charge on any atom is 0.147 e. The molecule has 0 spiro atoms. The van der Waals surface area contributed by atoms with E-state index in [4.69, 9.17) is 9.47 Å². The molecule has 1 saturated carbocycles. The summed E-state index contributed by atoms with van der Waals surface area (Å²) >= 11 is 0. The molecule has 3 heteroatoms. The lowest BCUT2D eigenvalue weighted by molar-refractivity contribution is -0.137. The van der Waals surface area contributed by atoms with Gasteiger partial charge in [-0.05, 0) is 25.2 Å². The summed E-state index contributed by atoms with van der Waals surface area (Å²) in [6.07, 6.45) is 6.88. The molecule has 0 amide bonds. The average molecular weight is 213 g/mol. The number of hydrogen-bond donors (Lipinski definition) is 1. The Hall–Kier alpha value is -0.120. The first-order valence-corrected chi connectivity index (χ1v) is 6.27. The second kappa shape index (κ2) is 5.83. The Morgan fingerprint density at radius 2 is 2.20 bits per heavy atom. The van der Waals surface area contributed by atoms with E-state index in [0.717, 1.165) is 31.5 Å². The minimum absolute atomic E-state index is 0.371. The van der Waals surface area contributed by atoms with E-state index in [2.05, 4.69) is 12.2 Å². The summed E-state index contributed by atoms with van der Waals surface area (Å²) in [5.41, 5.74) is 0. The molecule has 2 aliphatic rings.